The van der Waals surface area contributed by atoms with E-state index in [0.717, 1.165) is 38.8 Å². The van der Waals surface area contributed by atoms with Crippen LogP contribution in [0.15, 0.2) is 0 Å². The molecule has 19 heavy (non-hydrogen) atoms. The SMILES string of the molecule is CNC1(CC(=O)N(C)CC2CCCO2)CCCCC1. The first kappa shape index (κ1) is 14.8. The summed E-state index contributed by atoms with van der Waals surface area (Å²) in [5.41, 5.74) is 0.0418. The van der Waals surface area contributed by atoms with Gasteiger partial charge in [0.2, 0.25) is 5.91 Å². The van der Waals surface area contributed by atoms with Gasteiger partial charge in [0, 0.05) is 32.2 Å². The molecule has 1 unspecified atom stereocenters. The van der Waals surface area contributed by atoms with E-state index in [9.17, 15) is 4.79 Å². The molecular weight excluding hydrogens is 240 g/mol. The van der Waals surface area contributed by atoms with E-state index in [1.165, 1.54) is 19.3 Å². The number of likely N-dealkylation sites (N-methyl/N-ethyl adjacent to an activating group) is 1. The summed E-state index contributed by atoms with van der Waals surface area (Å²) in [6, 6.07) is 0. The van der Waals surface area contributed by atoms with E-state index in [0.29, 0.717) is 6.42 Å². The molecule has 0 aromatic rings. The van der Waals surface area contributed by atoms with Crippen LogP contribution in [0, 0.1) is 0 Å². The predicted octanol–water partition coefficient (Wildman–Crippen LogP) is 1.94. The van der Waals surface area contributed by atoms with Gasteiger partial charge in [-0.15, -0.1) is 0 Å². The maximum Gasteiger partial charge on any atom is 0.224 e. The number of rotatable bonds is 5. The maximum absolute atomic E-state index is 12.4. The second kappa shape index (κ2) is 6.71. The van der Waals surface area contributed by atoms with Crippen molar-refractivity contribution in [2.24, 2.45) is 0 Å². The van der Waals surface area contributed by atoms with Crippen LogP contribution in [0.2, 0.25) is 0 Å². The van der Waals surface area contributed by atoms with Crippen molar-refractivity contribution in [1.82, 2.24) is 10.2 Å². The molecule has 1 saturated carbocycles. The Balaban J connectivity index is 1.83. The Labute approximate surface area is 116 Å². The zero-order chi connectivity index (χ0) is 13.7. The lowest BCUT2D eigenvalue weighted by atomic mass is 9.79. The van der Waals surface area contributed by atoms with Crippen LogP contribution in [-0.4, -0.2) is 49.7 Å². The zero-order valence-corrected chi connectivity index (χ0v) is 12.4. The van der Waals surface area contributed by atoms with Gasteiger partial charge in [-0.3, -0.25) is 4.79 Å². The number of carbonyl (C=O) groups is 1. The third-order valence-electron chi connectivity index (χ3n) is 4.76. The topological polar surface area (TPSA) is 41.6 Å². The second-order valence-electron chi connectivity index (χ2n) is 6.18. The molecule has 110 valence electrons. The molecule has 1 aliphatic heterocycles. The molecule has 2 aliphatic rings. The molecule has 4 nitrogen and oxygen atoms in total. The van der Waals surface area contributed by atoms with Gasteiger partial charge in [0.25, 0.3) is 0 Å². The van der Waals surface area contributed by atoms with Gasteiger partial charge in [-0.05, 0) is 32.7 Å². The molecule has 0 aromatic carbocycles. The van der Waals surface area contributed by atoms with E-state index < -0.39 is 0 Å². The maximum atomic E-state index is 12.4. The smallest absolute Gasteiger partial charge is 0.224 e. The van der Waals surface area contributed by atoms with Crippen LogP contribution in [0.3, 0.4) is 0 Å². The van der Waals surface area contributed by atoms with Crippen molar-refractivity contribution in [3.63, 3.8) is 0 Å². The quantitative estimate of drug-likeness (QED) is 0.828. The summed E-state index contributed by atoms with van der Waals surface area (Å²) in [6.07, 6.45) is 9.16. The Morgan fingerprint density at radius 2 is 2.05 bits per heavy atom. The minimum Gasteiger partial charge on any atom is -0.376 e. The van der Waals surface area contributed by atoms with Gasteiger partial charge < -0.3 is 15.0 Å². The van der Waals surface area contributed by atoms with Crippen molar-refractivity contribution in [1.29, 1.82) is 0 Å². The average molecular weight is 268 g/mol. The average Bonchev–Trinajstić information content (AvgIpc) is 2.92. The summed E-state index contributed by atoms with van der Waals surface area (Å²) in [6.45, 7) is 1.60. The molecule has 0 spiro atoms. The fraction of sp³-hybridized carbons (Fsp3) is 0.933. The highest BCUT2D eigenvalue weighted by Crippen LogP contribution is 2.31. The largest absolute Gasteiger partial charge is 0.376 e. The van der Waals surface area contributed by atoms with Gasteiger partial charge >= 0.3 is 0 Å². The summed E-state index contributed by atoms with van der Waals surface area (Å²) < 4.78 is 5.61. The summed E-state index contributed by atoms with van der Waals surface area (Å²) in [7, 11) is 3.91. The third kappa shape index (κ3) is 3.93. The summed E-state index contributed by atoms with van der Waals surface area (Å²) in [5, 5.41) is 3.42. The van der Waals surface area contributed by atoms with E-state index in [1.807, 2.05) is 19.0 Å². The van der Waals surface area contributed by atoms with Crippen LogP contribution >= 0.6 is 0 Å². The molecule has 0 bridgehead atoms. The van der Waals surface area contributed by atoms with Crippen LogP contribution in [0.4, 0.5) is 0 Å². The van der Waals surface area contributed by atoms with Crippen molar-refractivity contribution in [2.45, 2.75) is 63.0 Å². The van der Waals surface area contributed by atoms with E-state index >= 15 is 0 Å². The van der Waals surface area contributed by atoms with Crippen molar-refractivity contribution < 1.29 is 9.53 Å². The fourth-order valence-corrected chi connectivity index (χ4v) is 3.36. The van der Waals surface area contributed by atoms with E-state index in [2.05, 4.69) is 5.32 Å². The van der Waals surface area contributed by atoms with Crippen LogP contribution in [0.25, 0.3) is 0 Å². The lowest BCUT2D eigenvalue weighted by molar-refractivity contribution is -0.133. The predicted molar refractivity (Wildman–Crippen MR) is 76.1 cm³/mol. The van der Waals surface area contributed by atoms with Gasteiger partial charge in [-0.25, -0.2) is 0 Å². The van der Waals surface area contributed by atoms with E-state index in [1.54, 1.807) is 0 Å². The van der Waals surface area contributed by atoms with Gasteiger partial charge in [0.15, 0.2) is 0 Å². The molecule has 0 radical (unpaired) electrons. The van der Waals surface area contributed by atoms with Gasteiger partial charge in [0.1, 0.15) is 0 Å². The molecule has 1 aliphatic carbocycles. The number of hydrogen-bond donors (Lipinski definition) is 1. The molecule has 2 fully saturated rings. The Kier molecular flexibility index (Phi) is 5.22. The number of nitrogens with zero attached hydrogens (tertiary/aromatic N) is 1. The third-order valence-corrected chi connectivity index (χ3v) is 4.76. The van der Waals surface area contributed by atoms with Crippen LogP contribution < -0.4 is 5.32 Å². The number of hydrogen-bond acceptors (Lipinski definition) is 3. The standard InChI is InChI=1S/C15H28N2O2/c1-16-15(8-4-3-5-9-15)11-14(18)17(2)12-13-7-6-10-19-13/h13,16H,3-12H2,1-2H3. The van der Waals surface area contributed by atoms with E-state index in [4.69, 9.17) is 4.74 Å². The first-order valence-electron chi connectivity index (χ1n) is 7.70. The molecule has 1 amide bonds. The van der Waals surface area contributed by atoms with Gasteiger partial charge in [-0.2, -0.15) is 0 Å². The first-order chi connectivity index (χ1) is 9.15. The first-order valence-corrected chi connectivity index (χ1v) is 7.70. The normalized spacial score (nSPS) is 26.3. The molecule has 0 aromatic heterocycles. The zero-order valence-electron chi connectivity index (χ0n) is 12.4. The molecule has 1 atom stereocenters. The van der Waals surface area contributed by atoms with Crippen molar-refractivity contribution in [3.8, 4) is 0 Å². The minimum absolute atomic E-state index is 0.0418. The molecule has 4 heteroatoms. The second-order valence-corrected chi connectivity index (χ2v) is 6.18. The number of amides is 1. The molecule has 1 heterocycles. The monoisotopic (exact) mass is 268 g/mol. The number of carbonyl (C=O) groups excluding carboxylic acids is 1. The van der Waals surface area contributed by atoms with Crippen LogP contribution in [0.5, 0.6) is 0 Å². The molecule has 1 saturated heterocycles. The highest BCUT2D eigenvalue weighted by Gasteiger charge is 2.34. The Morgan fingerprint density at radius 3 is 2.63 bits per heavy atom. The Bertz CT molecular complexity index is 295. The van der Waals surface area contributed by atoms with Crippen LogP contribution in [-0.2, 0) is 9.53 Å². The Hall–Kier alpha value is -0.610. The van der Waals surface area contributed by atoms with Crippen molar-refractivity contribution in [2.75, 3.05) is 27.2 Å². The summed E-state index contributed by atoms with van der Waals surface area (Å²) in [5.74, 6) is 0.256. The Morgan fingerprint density at radius 1 is 1.32 bits per heavy atom. The van der Waals surface area contributed by atoms with Crippen LogP contribution in [0.1, 0.15) is 51.4 Å². The van der Waals surface area contributed by atoms with E-state index in [-0.39, 0.29) is 17.6 Å². The molecule has 2 rings (SSSR count). The van der Waals surface area contributed by atoms with Crippen molar-refractivity contribution >= 4 is 5.91 Å². The highest BCUT2D eigenvalue weighted by atomic mass is 16.5. The lowest BCUT2D eigenvalue weighted by Crippen LogP contribution is -2.49. The molecular formula is C15H28N2O2. The lowest BCUT2D eigenvalue weighted by Gasteiger charge is -2.38. The summed E-state index contributed by atoms with van der Waals surface area (Å²) in [4.78, 5) is 14.3. The van der Waals surface area contributed by atoms with Crippen molar-refractivity contribution in [3.05, 3.63) is 0 Å². The number of ether oxygens (including phenoxy) is 1. The fourth-order valence-electron chi connectivity index (χ4n) is 3.36. The molecule has 1 N–H and O–H groups in total. The van der Waals surface area contributed by atoms with Gasteiger partial charge in [-0.1, -0.05) is 19.3 Å². The number of nitrogens with one attached hydrogen (secondary N) is 1. The summed E-state index contributed by atoms with van der Waals surface area (Å²) >= 11 is 0. The highest BCUT2D eigenvalue weighted by molar-refractivity contribution is 5.77. The van der Waals surface area contributed by atoms with Gasteiger partial charge in [0.05, 0.1) is 6.10 Å². The minimum atomic E-state index is 0.0418.